The third-order valence-electron chi connectivity index (χ3n) is 3.04. The Hall–Kier alpha value is -1.52. The van der Waals surface area contributed by atoms with E-state index in [0.717, 1.165) is 30.9 Å². The molecule has 0 N–H and O–H groups in total. The number of nitrogens with zero attached hydrogens (tertiary/aromatic N) is 2. The van der Waals surface area contributed by atoms with Gasteiger partial charge in [-0.2, -0.15) is 18.3 Å². The van der Waals surface area contributed by atoms with Gasteiger partial charge in [-0.15, -0.1) is 0 Å². The predicted molar refractivity (Wildman–Crippen MR) is 63.7 cm³/mol. The average Bonchev–Trinajstić information content (AvgIpc) is 2.78. The van der Waals surface area contributed by atoms with Gasteiger partial charge in [0.2, 0.25) is 0 Å². The molecule has 2 nitrogen and oxygen atoms in total. The van der Waals surface area contributed by atoms with Gasteiger partial charge in [-0.3, -0.25) is 0 Å². The van der Waals surface area contributed by atoms with Crippen molar-refractivity contribution >= 4 is 5.70 Å². The number of allylic oxidation sites excluding steroid dienone is 4. The smallest absolute Gasteiger partial charge is 0.241 e. The first-order valence-corrected chi connectivity index (χ1v) is 5.91. The number of aromatic nitrogens is 2. The molecule has 0 spiro atoms. The molecule has 98 valence electrons. The predicted octanol–water partition coefficient (Wildman–Crippen LogP) is 4.12. The van der Waals surface area contributed by atoms with E-state index < -0.39 is 11.7 Å². The normalized spacial score (nSPS) is 16.8. The van der Waals surface area contributed by atoms with E-state index in [1.807, 2.05) is 12.2 Å². The minimum atomic E-state index is -4.34. The van der Waals surface area contributed by atoms with Crippen LogP contribution in [0.25, 0.3) is 5.70 Å². The lowest BCUT2D eigenvalue weighted by molar-refractivity contribution is -0.137. The first-order valence-electron chi connectivity index (χ1n) is 5.91. The molecule has 0 amide bonds. The average molecular weight is 256 g/mol. The summed E-state index contributed by atoms with van der Waals surface area (Å²) in [5.41, 5.74) is 1.26. The Morgan fingerprint density at radius 1 is 1.33 bits per heavy atom. The van der Waals surface area contributed by atoms with Crippen molar-refractivity contribution in [3.63, 3.8) is 0 Å². The molecule has 0 radical (unpaired) electrons. The minimum absolute atomic E-state index is 0.409. The van der Waals surface area contributed by atoms with E-state index in [9.17, 15) is 13.2 Å². The highest BCUT2D eigenvalue weighted by Gasteiger charge is 2.32. The van der Waals surface area contributed by atoms with Crippen LogP contribution < -0.4 is 0 Å². The van der Waals surface area contributed by atoms with E-state index in [2.05, 4.69) is 18.9 Å². The number of rotatable bonds is 2. The monoisotopic (exact) mass is 256 g/mol. The van der Waals surface area contributed by atoms with Gasteiger partial charge in [-0.05, 0) is 24.8 Å². The highest BCUT2D eigenvalue weighted by molar-refractivity contribution is 5.59. The van der Waals surface area contributed by atoms with E-state index >= 15 is 0 Å². The largest absolute Gasteiger partial charge is 0.419 e. The van der Waals surface area contributed by atoms with Gasteiger partial charge in [0.25, 0.3) is 0 Å². The van der Waals surface area contributed by atoms with Crippen LogP contribution in [0.4, 0.5) is 13.2 Å². The molecule has 0 aromatic carbocycles. The molecule has 0 saturated carbocycles. The van der Waals surface area contributed by atoms with E-state index in [-0.39, 0.29) is 0 Å². The van der Waals surface area contributed by atoms with Crippen LogP contribution in [-0.4, -0.2) is 9.78 Å². The summed E-state index contributed by atoms with van der Waals surface area (Å²) in [5.74, 6) is 0.409. The van der Waals surface area contributed by atoms with Crippen LogP contribution in [0, 0.1) is 5.92 Å². The molecule has 0 aliphatic heterocycles. The van der Waals surface area contributed by atoms with Crippen molar-refractivity contribution in [3.8, 4) is 0 Å². The summed E-state index contributed by atoms with van der Waals surface area (Å²) in [6.07, 6.45) is 3.22. The van der Waals surface area contributed by atoms with Gasteiger partial charge in [0.1, 0.15) is 0 Å². The van der Waals surface area contributed by atoms with Crippen LogP contribution in [0.1, 0.15) is 32.3 Å². The van der Waals surface area contributed by atoms with Crippen molar-refractivity contribution < 1.29 is 13.2 Å². The maximum absolute atomic E-state index is 12.5. The fraction of sp³-hybridized carbons (Fsp3) is 0.462. The second kappa shape index (κ2) is 4.63. The second-order valence-electron chi connectivity index (χ2n) is 4.71. The number of hydrogen-bond acceptors (Lipinski definition) is 1. The molecule has 0 saturated heterocycles. The Bertz CT molecular complexity index is 493. The molecule has 0 bridgehead atoms. The molecule has 1 aliphatic carbocycles. The van der Waals surface area contributed by atoms with Gasteiger partial charge in [-0.25, -0.2) is 4.68 Å². The van der Waals surface area contributed by atoms with E-state index in [1.54, 1.807) is 0 Å². The zero-order chi connectivity index (χ0) is 13.3. The molecule has 1 aromatic heterocycles. The van der Waals surface area contributed by atoms with Crippen LogP contribution >= 0.6 is 0 Å². The Labute approximate surface area is 104 Å². The maximum atomic E-state index is 12.5. The Morgan fingerprint density at radius 2 is 2.06 bits per heavy atom. The summed E-state index contributed by atoms with van der Waals surface area (Å²) in [5, 5.41) is 3.78. The van der Waals surface area contributed by atoms with Crippen LogP contribution in [-0.2, 0) is 6.18 Å². The van der Waals surface area contributed by atoms with Crippen molar-refractivity contribution in [1.29, 1.82) is 0 Å². The third-order valence-corrected chi connectivity index (χ3v) is 3.04. The topological polar surface area (TPSA) is 17.8 Å². The van der Waals surface area contributed by atoms with Gasteiger partial charge in [0.05, 0.1) is 17.5 Å². The Kier molecular flexibility index (Phi) is 3.32. The molecule has 1 heterocycles. The van der Waals surface area contributed by atoms with Gasteiger partial charge in [0.15, 0.2) is 0 Å². The molecular weight excluding hydrogens is 241 g/mol. The van der Waals surface area contributed by atoms with Crippen LogP contribution in [0.5, 0.6) is 0 Å². The Balaban J connectivity index is 2.28. The lowest BCUT2D eigenvalue weighted by Gasteiger charge is -2.16. The summed E-state index contributed by atoms with van der Waals surface area (Å²) >= 11 is 0. The molecule has 5 heteroatoms. The fourth-order valence-corrected chi connectivity index (χ4v) is 1.93. The summed E-state index contributed by atoms with van der Waals surface area (Å²) < 4.78 is 38.8. The summed E-state index contributed by atoms with van der Waals surface area (Å²) in [6.45, 7) is 4.16. The van der Waals surface area contributed by atoms with Crippen molar-refractivity contribution in [2.45, 2.75) is 32.9 Å². The third kappa shape index (κ3) is 2.66. The SMILES string of the molecule is CC(C)C1=CC(n2cc(C(F)(F)F)cn2)=CCC1. The molecule has 0 unspecified atom stereocenters. The number of hydrogen-bond donors (Lipinski definition) is 0. The zero-order valence-electron chi connectivity index (χ0n) is 10.3. The summed E-state index contributed by atoms with van der Waals surface area (Å²) in [7, 11) is 0. The van der Waals surface area contributed by atoms with Crippen LogP contribution in [0.15, 0.2) is 30.1 Å². The highest BCUT2D eigenvalue weighted by atomic mass is 19.4. The van der Waals surface area contributed by atoms with E-state index in [0.29, 0.717) is 5.92 Å². The molecule has 2 rings (SSSR count). The highest BCUT2D eigenvalue weighted by Crippen LogP contribution is 2.30. The Morgan fingerprint density at radius 3 is 2.61 bits per heavy atom. The van der Waals surface area contributed by atoms with Crippen molar-refractivity contribution in [3.05, 3.63) is 35.7 Å². The number of alkyl halides is 3. The first kappa shape index (κ1) is 12.9. The van der Waals surface area contributed by atoms with Crippen LogP contribution in [0.2, 0.25) is 0 Å². The van der Waals surface area contributed by atoms with Gasteiger partial charge >= 0.3 is 6.18 Å². The van der Waals surface area contributed by atoms with Crippen molar-refractivity contribution in [2.24, 2.45) is 5.92 Å². The van der Waals surface area contributed by atoms with Gasteiger partial charge in [0, 0.05) is 6.20 Å². The second-order valence-corrected chi connectivity index (χ2v) is 4.71. The van der Waals surface area contributed by atoms with Crippen molar-refractivity contribution in [2.75, 3.05) is 0 Å². The van der Waals surface area contributed by atoms with E-state index in [4.69, 9.17) is 0 Å². The lowest BCUT2D eigenvalue weighted by atomic mass is 9.94. The van der Waals surface area contributed by atoms with Crippen molar-refractivity contribution in [1.82, 2.24) is 9.78 Å². The molecule has 0 atom stereocenters. The summed E-state index contributed by atoms with van der Waals surface area (Å²) in [4.78, 5) is 0. The zero-order valence-corrected chi connectivity index (χ0v) is 10.3. The minimum Gasteiger partial charge on any atom is -0.241 e. The standard InChI is InChI=1S/C13H15F3N2/c1-9(2)10-4-3-5-12(6-10)18-8-11(7-17-18)13(14,15)16/h5-9H,3-4H2,1-2H3. The molecular formula is C13H15F3N2. The molecule has 1 aromatic rings. The quantitative estimate of drug-likeness (QED) is 0.778. The molecule has 1 aliphatic rings. The molecule has 18 heavy (non-hydrogen) atoms. The maximum Gasteiger partial charge on any atom is 0.419 e. The molecule has 0 fully saturated rings. The van der Waals surface area contributed by atoms with Gasteiger partial charge < -0.3 is 0 Å². The first-order chi connectivity index (χ1) is 8.38. The van der Waals surface area contributed by atoms with E-state index in [1.165, 1.54) is 10.3 Å². The fourth-order valence-electron chi connectivity index (χ4n) is 1.93. The van der Waals surface area contributed by atoms with Crippen LogP contribution in [0.3, 0.4) is 0 Å². The lowest BCUT2D eigenvalue weighted by Crippen LogP contribution is -2.05. The van der Waals surface area contributed by atoms with Gasteiger partial charge in [-0.1, -0.05) is 25.5 Å². The summed E-state index contributed by atoms with van der Waals surface area (Å²) in [6, 6.07) is 0. The number of halogens is 3.